The summed E-state index contributed by atoms with van der Waals surface area (Å²) in [5.74, 6) is 0.866. The molecule has 0 fully saturated rings. The Labute approximate surface area is 543 Å². The van der Waals surface area contributed by atoms with Crippen molar-refractivity contribution >= 4 is 39.5 Å². The second kappa shape index (κ2) is 59.8. The molecule has 0 aromatic rings. The lowest BCUT2D eigenvalue weighted by atomic mass is 9.99. The van der Waals surface area contributed by atoms with Crippen molar-refractivity contribution in [1.29, 1.82) is 0 Å². The van der Waals surface area contributed by atoms with Crippen molar-refractivity contribution in [2.24, 2.45) is 23.7 Å². The van der Waals surface area contributed by atoms with Crippen LogP contribution in [-0.2, 0) is 65.4 Å². The van der Waals surface area contributed by atoms with Crippen LogP contribution in [-0.4, -0.2) is 96.7 Å². The van der Waals surface area contributed by atoms with Crippen LogP contribution in [0.1, 0.15) is 344 Å². The van der Waals surface area contributed by atoms with Crippen LogP contribution in [0.15, 0.2) is 0 Å². The maximum absolute atomic E-state index is 13.0. The molecule has 0 spiro atoms. The average Bonchev–Trinajstić information content (AvgIpc) is 3.65. The van der Waals surface area contributed by atoms with Crippen LogP contribution in [0.4, 0.5) is 0 Å². The Morgan fingerprint density at radius 1 is 0.315 bits per heavy atom. The molecular weight excluding hydrogens is 1170 g/mol. The fourth-order valence-electron chi connectivity index (χ4n) is 10.4. The molecule has 3 N–H and O–H groups in total. The molecule has 89 heavy (non-hydrogen) atoms. The number of aliphatic hydroxyl groups excluding tert-OH is 1. The van der Waals surface area contributed by atoms with Gasteiger partial charge in [0.05, 0.1) is 26.4 Å². The van der Waals surface area contributed by atoms with Crippen molar-refractivity contribution in [3.8, 4) is 0 Å². The fraction of sp³-hybridized carbons (Fsp3) is 0.943. The molecule has 5 unspecified atom stereocenters. The maximum atomic E-state index is 13.0. The molecular formula is C70H136O17P2. The lowest BCUT2D eigenvalue weighted by molar-refractivity contribution is -0.161. The number of rotatable bonds is 67. The molecule has 0 aromatic heterocycles. The summed E-state index contributed by atoms with van der Waals surface area (Å²) in [4.78, 5) is 72.5. The van der Waals surface area contributed by atoms with Gasteiger partial charge in [0, 0.05) is 25.7 Å². The van der Waals surface area contributed by atoms with Crippen LogP contribution in [0.25, 0.3) is 0 Å². The van der Waals surface area contributed by atoms with Crippen molar-refractivity contribution in [1.82, 2.24) is 0 Å². The number of hydrogen-bond acceptors (Lipinski definition) is 15. The summed E-state index contributed by atoms with van der Waals surface area (Å²) in [7, 11) is -9.90. The molecule has 0 rings (SSSR count). The standard InChI is InChI=1S/C70H136O17P2/c1-9-62(7)48-40-32-24-17-15-13-11-12-14-16-18-26-36-44-52-69(74)86-66(57-81-68(73)51-43-35-29-28-33-41-49-63(8)10-2)59-85-89(78,79)83-55-64(71)54-82-88(76,77)84-58-65(87-70(75)53-45-37-27-21-23-31-39-47-61(5)6)56-80-67(72)50-42-34-25-20-19-22-30-38-46-60(3)4/h60-66,71H,9-59H2,1-8H3,(H,76,77)(H,78,79)/t62?,63?,64?,65-,66-/m1/s1. The van der Waals surface area contributed by atoms with E-state index in [9.17, 15) is 43.2 Å². The van der Waals surface area contributed by atoms with E-state index in [1.165, 1.54) is 141 Å². The van der Waals surface area contributed by atoms with Gasteiger partial charge in [0.1, 0.15) is 19.3 Å². The minimum Gasteiger partial charge on any atom is -0.462 e. The highest BCUT2D eigenvalue weighted by Gasteiger charge is 2.30. The zero-order valence-electron chi connectivity index (χ0n) is 58.1. The maximum Gasteiger partial charge on any atom is 0.472 e. The van der Waals surface area contributed by atoms with Gasteiger partial charge < -0.3 is 33.8 Å². The van der Waals surface area contributed by atoms with Gasteiger partial charge in [0.15, 0.2) is 12.2 Å². The van der Waals surface area contributed by atoms with Gasteiger partial charge in [-0.2, -0.15) is 0 Å². The van der Waals surface area contributed by atoms with Crippen molar-refractivity contribution in [2.75, 3.05) is 39.6 Å². The number of aliphatic hydroxyl groups is 1. The van der Waals surface area contributed by atoms with Crippen LogP contribution in [0.2, 0.25) is 0 Å². The summed E-state index contributed by atoms with van der Waals surface area (Å²) in [5, 5.41) is 10.6. The van der Waals surface area contributed by atoms with Crippen LogP contribution in [0.3, 0.4) is 0 Å². The zero-order chi connectivity index (χ0) is 66.1. The molecule has 528 valence electrons. The van der Waals surface area contributed by atoms with Crippen molar-refractivity contribution < 1.29 is 80.2 Å². The first-order valence-electron chi connectivity index (χ1n) is 36.3. The Morgan fingerprint density at radius 2 is 0.539 bits per heavy atom. The third-order valence-corrected chi connectivity index (χ3v) is 18.7. The van der Waals surface area contributed by atoms with Gasteiger partial charge in [0.2, 0.25) is 0 Å². The Morgan fingerprint density at radius 3 is 0.798 bits per heavy atom. The lowest BCUT2D eigenvalue weighted by Crippen LogP contribution is -2.30. The van der Waals surface area contributed by atoms with E-state index in [1.54, 1.807) is 0 Å². The second-order valence-corrected chi connectivity index (χ2v) is 29.6. The Kier molecular flexibility index (Phi) is 58.5. The topological polar surface area (TPSA) is 237 Å². The Hall–Kier alpha value is -1.94. The molecule has 0 aliphatic carbocycles. The summed E-state index contributed by atoms with van der Waals surface area (Å²) in [5.41, 5.74) is 0. The highest BCUT2D eigenvalue weighted by molar-refractivity contribution is 7.47. The molecule has 0 saturated carbocycles. The molecule has 0 saturated heterocycles. The quantitative estimate of drug-likeness (QED) is 0.0222. The highest BCUT2D eigenvalue weighted by Crippen LogP contribution is 2.45. The molecule has 0 heterocycles. The largest absolute Gasteiger partial charge is 0.472 e. The molecule has 0 aliphatic heterocycles. The van der Waals surface area contributed by atoms with E-state index in [0.29, 0.717) is 31.6 Å². The first-order valence-corrected chi connectivity index (χ1v) is 39.3. The molecule has 19 heteroatoms. The number of hydrogen-bond donors (Lipinski definition) is 3. The summed E-state index contributed by atoms with van der Waals surface area (Å²) < 4.78 is 68.2. The number of esters is 4. The van der Waals surface area contributed by atoms with Crippen LogP contribution in [0, 0.1) is 23.7 Å². The minimum absolute atomic E-state index is 0.102. The smallest absolute Gasteiger partial charge is 0.462 e. The molecule has 0 amide bonds. The molecule has 0 bridgehead atoms. The third kappa shape index (κ3) is 62.0. The molecule has 7 atom stereocenters. The third-order valence-electron chi connectivity index (χ3n) is 16.8. The summed E-state index contributed by atoms with van der Waals surface area (Å²) in [6.07, 6.45) is 41.8. The van der Waals surface area contributed by atoms with E-state index in [4.69, 9.17) is 37.0 Å². The van der Waals surface area contributed by atoms with E-state index in [2.05, 4.69) is 55.4 Å². The molecule has 0 radical (unpaired) electrons. The van der Waals surface area contributed by atoms with Crippen molar-refractivity contribution in [2.45, 2.75) is 363 Å². The fourth-order valence-corrected chi connectivity index (χ4v) is 12.0. The Balaban J connectivity index is 5.22. The average molecular weight is 1310 g/mol. The van der Waals surface area contributed by atoms with E-state index in [-0.39, 0.29) is 25.7 Å². The monoisotopic (exact) mass is 1310 g/mol. The van der Waals surface area contributed by atoms with Gasteiger partial charge in [-0.15, -0.1) is 0 Å². The minimum atomic E-state index is -4.95. The van der Waals surface area contributed by atoms with Crippen LogP contribution >= 0.6 is 15.6 Å². The molecule has 0 aromatic carbocycles. The zero-order valence-corrected chi connectivity index (χ0v) is 59.8. The van der Waals surface area contributed by atoms with E-state index >= 15 is 0 Å². The first-order chi connectivity index (χ1) is 42.7. The number of carbonyl (C=O) groups is 4. The van der Waals surface area contributed by atoms with Gasteiger partial charge in [-0.25, -0.2) is 9.13 Å². The number of carbonyl (C=O) groups excluding carboxylic acids is 4. The SMILES string of the molecule is CCC(C)CCCCCCCCCCCCCCCCC(=O)O[C@H](COC(=O)CCCCCCCCC(C)CC)COP(=O)(O)OCC(O)COP(=O)(O)OC[C@@H](COC(=O)CCCCCCCCCCC(C)C)OC(=O)CCCCCCCCCC(C)C. The van der Waals surface area contributed by atoms with E-state index < -0.39 is 97.5 Å². The van der Waals surface area contributed by atoms with Gasteiger partial charge in [-0.3, -0.25) is 37.3 Å². The summed E-state index contributed by atoms with van der Waals surface area (Å²) in [6, 6.07) is 0. The summed E-state index contributed by atoms with van der Waals surface area (Å²) in [6.45, 7) is 14.1. The van der Waals surface area contributed by atoms with Gasteiger partial charge in [-0.1, -0.05) is 293 Å². The van der Waals surface area contributed by atoms with Gasteiger partial charge >= 0.3 is 39.5 Å². The second-order valence-electron chi connectivity index (χ2n) is 26.7. The van der Waals surface area contributed by atoms with Crippen molar-refractivity contribution in [3.63, 3.8) is 0 Å². The molecule has 0 aliphatic rings. The van der Waals surface area contributed by atoms with Crippen LogP contribution in [0.5, 0.6) is 0 Å². The Bertz CT molecular complexity index is 1770. The highest BCUT2D eigenvalue weighted by atomic mass is 31.2. The normalized spacial score (nSPS) is 14.9. The predicted octanol–water partition coefficient (Wildman–Crippen LogP) is 19.7. The van der Waals surface area contributed by atoms with Crippen molar-refractivity contribution in [3.05, 3.63) is 0 Å². The first kappa shape index (κ1) is 87.1. The number of ether oxygens (including phenoxy) is 4. The van der Waals surface area contributed by atoms with Crippen LogP contribution < -0.4 is 0 Å². The van der Waals surface area contributed by atoms with E-state index in [1.807, 2.05) is 0 Å². The predicted molar refractivity (Wildman–Crippen MR) is 358 cm³/mol. The van der Waals surface area contributed by atoms with Gasteiger partial charge in [0.25, 0.3) is 0 Å². The van der Waals surface area contributed by atoms with Gasteiger partial charge in [-0.05, 0) is 49.4 Å². The number of phosphoric acid groups is 2. The number of phosphoric ester groups is 2. The number of unbranched alkanes of at least 4 members (excludes halogenated alkanes) is 31. The molecule has 17 nitrogen and oxygen atoms in total. The summed E-state index contributed by atoms with van der Waals surface area (Å²) >= 11 is 0. The van der Waals surface area contributed by atoms with E-state index in [0.717, 1.165) is 114 Å². The lowest BCUT2D eigenvalue weighted by Gasteiger charge is -2.21.